The van der Waals surface area contributed by atoms with Gasteiger partial charge in [0.1, 0.15) is 5.52 Å². The second-order valence-electron chi connectivity index (χ2n) is 5.55. The molecule has 3 rings (SSSR count). The van der Waals surface area contributed by atoms with Gasteiger partial charge in [0.05, 0.1) is 0 Å². The molecule has 1 N–H and O–H groups in total. The first kappa shape index (κ1) is 13.9. The molecule has 1 saturated carbocycles. The van der Waals surface area contributed by atoms with E-state index in [0.717, 1.165) is 23.9 Å². The topological polar surface area (TPSA) is 55.1 Å². The van der Waals surface area contributed by atoms with Gasteiger partial charge in [0.2, 0.25) is 11.8 Å². The third-order valence-electron chi connectivity index (χ3n) is 3.89. The highest BCUT2D eigenvalue weighted by atomic mass is 16.3. The van der Waals surface area contributed by atoms with E-state index in [2.05, 4.69) is 10.3 Å². The summed E-state index contributed by atoms with van der Waals surface area (Å²) in [6.07, 6.45) is 10.3. The number of nitrogens with one attached hydrogen (secondary N) is 1. The van der Waals surface area contributed by atoms with Crippen molar-refractivity contribution in [1.82, 2.24) is 10.3 Å². The first-order valence-electron chi connectivity index (χ1n) is 7.65. The van der Waals surface area contributed by atoms with Crippen LogP contribution in [-0.2, 0) is 4.79 Å². The Labute approximate surface area is 124 Å². The van der Waals surface area contributed by atoms with Crippen LogP contribution in [-0.4, -0.2) is 16.9 Å². The molecule has 21 heavy (non-hydrogen) atoms. The normalized spacial score (nSPS) is 17.1. The van der Waals surface area contributed by atoms with E-state index in [1.54, 1.807) is 6.08 Å². The van der Waals surface area contributed by atoms with Crippen molar-refractivity contribution in [2.75, 3.05) is 0 Å². The van der Waals surface area contributed by atoms with E-state index in [1.165, 1.54) is 31.8 Å². The summed E-state index contributed by atoms with van der Waals surface area (Å²) in [5.74, 6) is 0.399. The summed E-state index contributed by atoms with van der Waals surface area (Å²) >= 11 is 0. The van der Waals surface area contributed by atoms with E-state index in [-0.39, 0.29) is 5.91 Å². The predicted octanol–water partition coefficient (Wildman–Crippen LogP) is 3.68. The van der Waals surface area contributed by atoms with Gasteiger partial charge in [0.25, 0.3) is 0 Å². The molecular formula is C17H20N2O2. The zero-order valence-electron chi connectivity index (χ0n) is 12.0. The Bertz CT molecular complexity index is 604. The van der Waals surface area contributed by atoms with Crippen LogP contribution in [0.3, 0.4) is 0 Å². The molecule has 4 heteroatoms. The molecule has 110 valence electrons. The minimum atomic E-state index is -0.0656. The molecule has 0 radical (unpaired) electrons. The average molecular weight is 284 g/mol. The Morgan fingerprint density at radius 3 is 2.71 bits per heavy atom. The smallest absolute Gasteiger partial charge is 0.244 e. The van der Waals surface area contributed by atoms with Gasteiger partial charge in [-0.05, 0) is 25.0 Å². The van der Waals surface area contributed by atoms with Crippen LogP contribution in [0.25, 0.3) is 17.2 Å². The molecule has 1 aliphatic carbocycles. The molecule has 2 aromatic rings. The van der Waals surface area contributed by atoms with Crippen LogP contribution in [0.2, 0.25) is 0 Å². The zero-order chi connectivity index (χ0) is 14.5. The van der Waals surface area contributed by atoms with E-state index in [9.17, 15) is 4.79 Å². The van der Waals surface area contributed by atoms with Crippen LogP contribution in [0.5, 0.6) is 0 Å². The van der Waals surface area contributed by atoms with Crippen molar-refractivity contribution in [3.05, 3.63) is 36.2 Å². The van der Waals surface area contributed by atoms with E-state index >= 15 is 0 Å². The van der Waals surface area contributed by atoms with Crippen molar-refractivity contribution in [3.63, 3.8) is 0 Å². The highest BCUT2D eigenvalue weighted by Crippen LogP contribution is 2.17. The fraction of sp³-hybridized carbons (Fsp3) is 0.412. The molecule has 4 nitrogen and oxygen atoms in total. The highest BCUT2D eigenvalue weighted by molar-refractivity contribution is 5.91. The number of aromatic nitrogens is 1. The lowest BCUT2D eigenvalue weighted by Gasteiger charge is -2.14. The van der Waals surface area contributed by atoms with Crippen molar-refractivity contribution in [1.29, 1.82) is 0 Å². The lowest BCUT2D eigenvalue weighted by atomic mass is 10.1. The Balaban J connectivity index is 1.60. The van der Waals surface area contributed by atoms with Crippen molar-refractivity contribution < 1.29 is 9.21 Å². The third-order valence-corrected chi connectivity index (χ3v) is 3.89. The molecule has 0 aliphatic heterocycles. The molecule has 0 bridgehead atoms. The van der Waals surface area contributed by atoms with E-state index < -0.39 is 0 Å². The Kier molecular flexibility index (Phi) is 4.34. The number of para-hydroxylation sites is 2. The van der Waals surface area contributed by atoms with Crippen molar-refractivity contribution >= 4 is 23.1 Å². The molecule has 1 amide bonds. The maximum atomic E-state index is 11.9. The Hall–Kier alpha value is -2.10. The summed E-state index contributed by atoms with van der Waals surface area (Å²) in [6.45, 7) is 0. The number of rotatable bonds is 3. The summed E-state index contributed by atoms with van der Waals surface area (Å²) in [5, 5.41) is 3.07. The fourth-order valence-electron chi connectivity index (χ4n) is 2.78. The fourth-order valence-corrected chi connectivity index (χ4v) is 2.78. The predicted molar refractivity (Wildman–Crippen MR) is 82.7 cm³/mol. The first-order chi connectivity index (χ1) is 10.3. The molecule has 0 saturated heterocycles. The summed E-state index contributed by atoms with van der Waals surface area (Å²) < 4.78 is 5.55. The van der Waals surface area contributed by atoms with E-state index in [4.69, 9.17) is 4.42 Å². The van der Waals surface area contributed by atoms with Gasteiger partial charge in [0, 0.05) is 18.2 Å². The van der Waals surface area contributed by atoms with Gasteiger partial charge in [-0.2, -0.15) is 0 Å². The highest BCUT2D eigenvalue weighted by Gasteiger charge is 2.13. The van der Waals surface area contributed by atoms with E-state index in [1.807, 2.05) is 24.3 Å². The molecule has 1 aromatic heterocycles. The van der Waals surface area contributed by atoms with Gasteiger partial charge in [-0.3, -0.25) is 4.79 Å². The molecule has 1 heterocycles. The quantitative estimate of drug-likeness (QED) is 0.691. The monoisotopic (exact) mass is 284 g/mol. The van der Waals surface area contributed by atoms with Crippen molar-refractivity contribution in [2.45, 2.75) is 44.6 Å². The van der Waals surface area contributed by atoms with Gasteiger partial charge < -0.3 is 9.73 Å². The van der Waals surface area contributed by atoms with Crippen LogP contribution in [0.4, 0.5) is 0 Å². The lowest BCUT2D eigenvalue weighted by molar-refractivity contribution is -0.117. The summed E-state index contributed by atoms with van der Waals surface area (Å²) in [7, 11) is 0. The number of carbonyl (C=O) groups is 1. The standard InChI is InChI=1S/C17H20N2O2/c20-16(18-13-7-3-1-2-4-8-13)11-12-17-19-14-9-5-6-10-15(14)21-17/h5-6,9-13H,1-4,7-8H2,(H,18,20). The van der Waals surface area contributed by atoms with Crippen LogP contribution in [0.15, 0.2) is 34.8 Å². The van der Waals surface area contributed by atoms with Crippen molar-refractivity contribution in [2.24, 2.45) is 0 Å². The molecular weight excluding hydrogens is 264 g/mol. The molecule has 0 unspecified atom stereocenters. The summed E-state index contributed by atoms with van der Waals surface area (Å²) in [5.41, 5.74) is 1.54. The number of nitrogens with zero attached hydrogens (tertiary/aromatic N) is 1. The number of fused-ring (bicyclic) bond motifs is 1. The van der Waals surface area contributed by atoms with Gasteiger partial charge in [-0.15, -0.1) is 0 Å². The van der Waals surface area contributed by atoms with Gasteiger partial charge in [-0.25, -0.2) is 4.98 Å². The van der Waals surface area contributed by atoms with Gasteiger partial charge >= 0.3 is 0 Å². The molecule has 1 fully saturated rings. The molecule has 0 atom stereocenters. The molecule has 1 aromatic carbocycles. The largest absolute Gasteiger partial charge is 0.437 e. The SMILES string of the molecule is O=C(C=Cc1nc2ccccc2o1)NC1CCCCCC1. The summed E-state index contributed by atoms with van der Waals surface area (Å²) in [6, 6.07) is 7.89. The summed E-state index contributed by atoms with van der Waals surface area (Å²) in [4.78, 5) is 16.3. The van der Waals surface area contributed by atoms with E-state index in [0.29, 0.717) is 11.9 Å². The first-order valence-corrected chi connectivity index (χ1v) is 7.65. The van der Waals surface area contributed by atoms with Gasteiger partial charge in [0.15, 0.2) is 5.58 Å². The lowest BCUT2D eigenvalue weighted by Crippen LogP contribution is -2.33. The maximum Gasteiger partial charge on any atom is 0.244 e. The van der Waals surface area contributed by atoms with Crippen LogP contribution < -0.4 is 5.32 Å². The Morgan fingerprint density at radius 2 is 1.95 bits per heavy atom. The number of benzene rings is 1. The Morgan fingerprint density at radius 1 is 1.19 bits per heavy atom. The average Bonchev–Trinajstić information content (AvgIpc) is 2.74. The third kappa shape index (κ3) is 3.72. The second-order valence-corrected chi connectivity index (χ2v) is 5.55. The minimum absolute atomic E-state index is 0.0656. The maximum absolute atomic E-state index is 11.9. The number of oxazole rings is 1. The number of hydrogen-bond donors (Lipinski definition) is 1. The second kappa shape index (κ2) is 6.57. The molecule has 0 spiro atoms. The minimum Gasteiger partial charge on any atom is -0.437 e. The van der Waals surface area contributed by atoms with Crippen molar-refractivity contribution in [3.8, 4) is 0 Å². The molecule has 1 aliphatic rings. The number of carbonyl (C=O) groups excluding carboxylic acids is 1. The van der Waals surface area contributed by atoms with Gasteiger partial charge in [-0.1, -0.05) is 37.8 Å². The number of hydrogen-bond acceptors (Lipinski definition) is 3. The van der Waals surface area contributed by atoms with Crippen LogP contribution in [0.1, 0.15) is 44.4 Å². The zero-order valence-corrected chi connectivity index (χ0v) is 12.0. The number of amides is 1. The van der Waals surface area contributed by atoms with Crippen LogP contribution in [0, 0.1) is 0 Å². The van der Waals surface area contributed by atoms with Crippen LogP contribution >= 0.6 is 0 Å².